The molecule has 3 heterocycles. The van der Waals surface area contributed by atoms with E-state index in [0.29, 0.717) is 43.5 Å². The number of rotatable bonds is 9. The molecule has 4 rings (SSSR count). The zero-order valence-electron chi connectivity index (χ0n) is 19.3. The second kappa shape index (κ2) is 11.5. The van der Waals surface area contributed by atoms with Crippen molar-refractivity contribution in [2.24, 2.45) is 17.6 Å². The summed E-state index contributed by atoms with van der Waals surface area (Å²) in [6.45, 7) is 2.00. The fourth-order valence-electron chi connectivity index (χ4n) is 5.87. The van der Waals surface area contributed by atoms with Crippen LogP contribution in [0.25, 0.3) is 0 Å². The van der Waals surface area contributed by atoms with Crippen molar-refractivity contribution < 1.29 is 14.4 Å². The number of fused-ring (bicyclic) bond motifs is 1. The number of piperidine rings is 1. The molecule has 1 aromatic heterocycles. The Kier molecular flexibility index (Phi) is 8.49. The Balaban J connectivity index is 1.43. The number of amides is 2. The van der Waals surface area contributed by atoms with Crippen LogP contribution in [0.1, 0.15) is 74.7 Å². The van der Waals surface area contributed by atoms with Gasteiger partial charge in [-0.05, 0) is 69.9 Å². The summed E-state index contributed by atoms with van der Waals surface area (Å²) in [5, 5.41) is 8.08. The van der Waals surface area contributed by atoms with Gasteiger partial charge in [0.1, 0.15) is 11.7 Å². The molecule has 33 heavy (non-hydrogen) atoms. The predicted molar refractivity (Wildman–Crippen MR) is 127 cm³/mol. The van der Waals surface area contributed by atoms with Crippen LogP contribution < -0.4 is 16.4 Å². The fourth-order valence-corrected chi connectivity index (χ4v) is 6.35. The van der Waals surface area contributed by atoms with Crippen molar-refractivity contribution in [3.8, 4) is 0 Å². The number of aromatic nitrogens is 1. The van der Waals surface area contributed by atoms with E-state index in [9.17, 15) is 14.4 Å². The highest BCUT2D eigenvalue weighted by Crippen LogP contribution is 2.38. The van der Waals surface area contributed by atoms with Crippen LogP contribution >= 0.6 is 11.3 Å². The van der Waals surface area contributed by atoms with E-state index in [0.717, 1.165) is 38.6 Å². The van der Waals surface area contributed by atoms with Crippen LogP contribution in [0.2, 0.25) is 0 Å². The minimum absolute atomic E-state index is 0.0596. The summed E-state index contributed by atoms with van der Waals surface area (Å²) in [6, 6.07) is -1.37. The van der Waals surface area contributed by atoms with Crippen molar-refractivity contribution in [1.29, 1.82) is 0 Å². The van der Waals surface area contributed by atoms with Crippen molar-refractivity contribution in [1.82, 2.24) is 20.5 Å². The number of Topliss-reactive ketones (excluding diaryl/α,β-unsaturated/α-hetero) is 1. The van der Waals surface area contributed by atoms with E-state index in [2.05, 4.69) is 21.1 Å². The molecule has 1 radical (unpaired) electrons. The summed E-state index contributed by atoms with van der Waals surface area (Å²) in [5.74, 6) is 0.610. The summed E-state index contributed by atoms with van der Waals surface area (Å²) in [4.78, 5) is 45.6. The van der Waals surface area contributed by atoms with Crippen LogP contribution in [0, 0.1) is 17.3 Å². The highest BCUT2D eigenvalue weighted by atomic mass is 32.1. The maximum absolute atomic E-state index is 13.6. The van der Waals surface area contributed by atoms with Crippen molar-refractivity contribution in [3.05, 3.63) is 16.6 Å². The Labute approximate surface area is 200 Å². The predicted octanol–water partition coefficient (Wildman–Crippen LogP) is 1.90. The van der Waals surface area contributed by atoms with E-state index in [1.807, 2.05) is 0 Å². The van der Waals surface area contributed by atoms with E-state index in [1.165, 1.54) is 30.6 Å². The van der Waals surface area contributed by atoms with Gasteiger partial charge >= 0.3 is 0 Å². The molecule has 3 fully saturated rings. The molecule has 5 atom stereocenters. The van der Waals surface area contributed by atoms with Crippen molar-refractivity contribution in [3.63, 3.8) is 0 Å². The fraction of sp³-hybridized carbons (Fsp3) is 0.750. The number of unbranched alkanes of at least 4 members (excludes halogenated alkanes) is 1. The summed E-state index contributed by atoms with van der Waals surface area (Å²) in [7, 11) is 0. The lowest BCUT2D eigenvalue weighted by Gasteiger charge is -2.43. The van der Waals surface area contributed by atoms with Gasteiger partial charge in [0.25, 0.3) is 0 Å². The number of nitrogens with two attached hydrogens (primary N) is 1. The minimum atomic E-state index is -0.660. The molecule has 4 N–H and O–H groups in total. The Morgan fingerprint density at radius 2 is 2.06 bits per heavy atom. The first kappa shape index (κ1) is 24.3. The average Bonchev–Trinajstić information content (AvgIpc) is 3.55. The molecule has 2 aliphatic heterocycles. The summed E-state index contributed by atoms with van der Waals surface area (Å²) >= 11 is 1.24. The summed E-state index contributed by atoms with van der Waals surface area (Å²) in [6.07, 6.45) is 9.33. The molecule has 1 saturated carbocycles. The molecule has 1 aliphatic carbocycles. The van der Waals surface area contributed by atoms with E-state index < -0.39 is 12.1 Å². The molecule has 0 spiro atoms. The number of nitrogens with zero attached hydrogens (tertiary/aromatic N) is 2. The summed E-state index contributed by atoms with van der Waals surface area (Å²) in [5.41, 5.74) is 8.64. The van der Waals surface area contributed by atoms with E-state index in [4.69, 9.17) is 5.73 Å². The highest BCUT2D eigenvalue weighted by Gasteiger charge is 2.44. The normalized spacial score (nSPS) is 28.2. The van der Waals surface area contributed by atoms with Gasteiger partial charge in [0.2, 0.25) is 17.6 Å². The number of carbonyl (C=O) groups is 3. The zero-order chi connectivity index (χ0) is 23.2. The lowest BCUT2D eigenvalue weighted by atomic mass is 9.71. The van der Waals surface area contributed by atoms with Gasteiger partial charge in [0.15, 0.2) is 5.51 Å². The molecule has 2 amide bonds. The molecule has 181 valence electrons. The number of ketones is 1. The van der Waals surface area contributed by atoms with Gasteiger partial charge in [-0.1, -0.05) is 19.3 Å². The molecule has 1 aromatic rings. The van der Waals surface area contributed by atoms with Gasteiger partial charge in [-0.15, -0.1) is 11.3 Å². The van der Waals surface area contributed by atoms with Crippen LogP contribution in [0.15, 0.2) is 5.38 Å². The van der Waals surface area contributed by atoms with Crippen LogP contribution in [-0.2, 0) is 9.59 Å². The van der Waals surface area contributed by atoms with Gasteiger partial charge in [0.05, 0.1) is 12.1 Å². The van der Waals surface area contributed by atoms with Gasteiger partial charge < -0.3 is 21.3 Å². The van der Waals surface area contributed by atoms with Crippen LogP contribution in [-0.4, -0.2) is 65.2 Å². The zero-order valence-corrected chi connectivity index (χ0v) is 20.1. The number of hydrogen-bond donors (Lipinski definition) is 3. The Hall–Kier alpha value is -1.84. The lowest BCUT2D eigenvalue weighted by molar-refractivity contribution is -0.142. The first-order chi connectivity index (χ1) is 16.1. The van der Waals surface area contributed by atoms with E-state index in [-0.39, 0.29) is 23.6 Å². The second-order valence-electron chi connectivity index (χ2n) is 9.65. The quantitative estimate of drug-likeness (QED) is 0.372. The maximum Gasteiger partial charge on any atom is 0.243 e. The minimum Gasteiger partial charge on any atom is -0.344 e. The standard InChI is InChI=1S/C24H36N5O3S/c25-11-4-3-8-18(22(30)19-14-33-15-27-19)28-23(31)20-9-5-13-29(20)24(32)21-17-7-2-1-6-16(17)10-12-26-21/h14,16-18,20-21,26H,1-13,25H2,(H,28,31). The van der Waals surface area contributed by atoms with Gasteiger partial charge in [-0.25, -0.2) is 4.98 Å². The summed E-state index contributed by atoms with van der Waals surface area (Å²) < 4.78 is 0. The Morgan fingerprint density at radius 3 is 2.85 bits per heavy atom. The Bertz CT molecular complexity index is 815. The van der Waals surface area contributed by atoms with E-state index in [1.54, 1.807) is 10.3 Å². The molecule has 9 heteroatoms. The lowest BCUT2D eigenvalue weighted by Crippen LogP contribution is -2.59. The Morgan fingerprint density at radius 1 is 1.21 bits per heavy atom. The maximum atomic E-state index is 13.6. The molecular formula is C24H36N5O3S. The third-order valence-corrected chi connectivity index (χ3v) is 8.14. The SMILES string of the molecule is NCCCCC(NC(=O)C1CCCN1C(=O)C1NCCC2CCCCC21)C(=O)c1cs[c]n1. The van der Waals surface area contributed by atoms with Gasteiger partial charge in [0, 0.05) is 11.9 Å². The second-order valence-corrected chi connectivity index (χ2v) is 10.3. The topological polar surface area (TPSA) is 117 Å². The monoisotopic (exact) mass is 474 g/mol. The molecule has 0 bridgehead atoms. The number of thiazole rings is 1. The van der Waals surface area contributed by atoms with Crippen LogP contribution in [0.3, 0.4) is 0 Å². The molecule has 2 saturated heterocycles. The van der Waals surface area contributed by atoms with Gasteiger partial charge in [-0.3, -0.25) is 14.4 Å². The smallest absolute Gasteiger partial charge is 0.243 e. The van der Waals surface area contributed by atoms with Crippen LogP contribution in [0.4, 0.5) is 0 Å². The first-order valence-corrected chi connectivity index (χ1v) is 13.4. The number of carbonyl (C=O) groups excluding carboxylic acids is 3. The molecule has 5 unspecified atom stereocenters. The third kappa shape index (κ3) is 5.63. The van der Waals surface area contributed by atoms with Gasteiger partial charge in [-0.2, -0.15) is 0 Å². The largest absolute Gasteiger partial charge is 0.344 e. The molecule has 3 aliphatic rings. The third-order valence-electron chi connectivity index (χ3n) is 7.60. The average molecular weight is 475 g/mol. The van der Waals surface area contributed by atoms with Crippen molar-refractivity contribution >= 4 is 28.9 Å². The number of hydrogen-bond acceptors (Lipinski definition) is 7. The van der Waals surface area contributed by atoms with E-state index >= 15 is 0 Å². The molecule has 8 nitrogen and oxygen atoms in total. The van der Waals surface area contributed by atoms with Crippen molar-refractivity contribution in [2.45, 2.75) is 82.3 Å². The number of nitrogens with one attached hydrogen (secondary N) is 2. The van der Waals surface area contributed by atoms with Crippen LogP contribution in [0.5, 0.6) is 0 Å². The molecule has 0 aromatic carbocycles. The van der Waals surface area contributed by atoms with Crippen molar-refractivity contribution in [2.75, 3.05) is 19.6 Å². The highest BCUT2D eigenvalue weighted by molar-refractivity contribution is 7.07. The number of likely N-dealkylation sites (tertiary alicyclic amines) is 1. The molecular weight excluding hydrogens is 438 g/mol. The first-order valence-electron chi connectivity index (χ1n) is 12.5.